The monoisotopic (exact) mass is 238 g/mol. The highest BCUT2D eigenvalue weighted by Gasteiger charge is 2.00. The minimum atomic E-state index is -0.859. The summed E-state index contributed by atoms with van der Waals surface area (Å²) in [7, 11) is 0. The summed E-state index contributed by atoms with van der Waals surface area (Å²) in [5.41, 5.74) is 0. The Kier molecular flexibility index (Phi) is 8.92. The molecule has 0 radical (unpaired) electrons. The Balaban J connectivity index is 0. The first kappa shape index (κ1) is 13.4. The lowest BCUT2D eigenvalue weighted by atomic mass is 10.7. The molecule has 0 aromatic heterocycles. The molecular weight excluding hydrogens is 232 g/mol. The molecule has 6 heteroatoms. The van der Waals surface area contributed by atoms with Crippen LogP contribution in [0, 0.1) is 0 Å². The van der Waals surface area contributed by atoms with Crippen LogP contribution in [0.25, 0.3) is 0 Å². The van der Waals surface area contributed by atoms with Gasteiger partial charge in [-0.3, -0.25) is 9.78 Å². The first-order valence-electron chi connectivity index (χ1n) is 2.54. The maximum atomic E-state index is 10.2. The molecule has 0 spiro atoms. The highest BCUT2D eigenvalue weighted by atomic mass is 79.9. The van der Waals surface area contributed by atoms with Crippen molar-refractivity contribution in [2.75, 3.05) is 0 Å². The molecule has 68 valence electrons. The van der Waals surface area contributed by atoms with Gasteiger partial charge in [0.1, 0.15) is 0 Å². The molecule has 0 heterocycles. The summed E-state index contributed by atoms with van der Waals surface area (Å²) in [6.07, 6.45) is 1.70. The maximum absolute atomic E-state index is 10.2. The quantitative estimate of drug-likeness (QED) is 0.413. The predicted molar refractivity (Wildman–Crippen MR) is 44.0 cm³/mol. The molecule has 0 unspecified atom stereocenters. The zero-order valence-corrected chi connectivity index (χ0v) is 7.73. The highest BCUT2D eigenvalue weighted by Crippen LogP contribution is 1.85. The van der Waals surface area contributed by atoms with E-state index in [2.05, 4.69) is 28.0 Å². The molecule has 0 aliphatic rings. The third-order valence-electron chi connectivity index (χ3n) is 0.566. The van der Waals surface area contributed by atoms with Crippen molar-refractivity contribution in [2.24, 2.45) is 0 Å². The lowest BCUT2D eigenvalue weighted by Crippen LogP contribution is -2.06. The third kappa shape index (κ3) is 6.97. The van der Waals surface area contributed by atoms with Gasteiger partial charge in [0.15, 0.2) is 0 Å². The fourth-order valence-electron chi connectivity index (χ4n) is 0.152. The van der Waals surface area contributed by atoms with Gasteiger partial charge >= 0.3 is 11.9 Å². The van der Waals surface area contributed by atoms with Crippen LogP contribution in [0.1, 0.15) is 0 Å². The Morgan fingerprint density at radius 1 is 1.00 bits per heavy atom. The van der Waals surface area contributed by atoms with E-state index in [1.54, 1.807) is 0 Å². The van der Waals surface area contributed by atoms with Crippen LogP contribution in [0.2, 0.25) is 0 Å². The molecule has 0 saturated carbocycles. The summed E-state index contributed by atoms with van der Waals surface area (Å²) in [6, 6.07) is 0. The van der Waals surface area contributed by atoms with Gasteiger partial charge in [-0.05, 0) is 0 Å². The van der Waals surface area contributed by atoms with Crippen LogP contribution in [-0.4, -0.2) is 11.9 Å². The molecule has 12 heavy (non-hydrogen) atoms. The molecule has 0 fully saturated rings. The van der Waals surface area contributed by atoms with Crippen molar-refractivity contribution in [1.29, 1.82) is 0 Å². The molecular formula is C6H7BrO5. The first-order valence-corrected chi connectivity index (χ1v) is 2.54. The smallest absolute Gasteiger partial charge is 0.255 e. The SMILES string of the molecule is Br.C=CC(=O)OOOC(=O)C=C. The van der Waals surface area contributed by atoms with Crippen LogP contribution >= 0.6 is 17.0 Å². The number of carbonyl (C=O) groups is 2. The van der Waals surface area contributed by atoms with E-state index in [-0.39, 0.29) is 17.0 Å². The van der Waals surface area contributed by atoms with Crippen molar-refractivity contribution >= 4 is 28.9 Å². The van der Waals surface area contributed by atoms with Gasteiger partial charge in [-0.2, -0.15) is 0 Å². The van der Waals surface area contributed by atoms with Crippen molar-refractivity contribution in [2.45, 2.75) is 0 Å². The zero-order valence-electron chi connectivity index (χ0n) is 6.02. The molecule has 0 atom stereocenters. The molecule has 0 aliphatic carbocycles. The molecule has 0 aliphatic heterocycles. The first-order chi connectivity index (χ1) is 5.20. The van der Waals surface area contributed by atoms with Crippen molar-refractivity contribution in [1.82, 2.24) is 0 Å². The van der Waals surface area contributed by atoms with Gasteiger partial charge in [0.25, 0.3) is 0 Å². The zero-order chi connectivity index (χ0) is 8.69. The molecule has 0 aromatic carbocycles. The van der Waals surface area contributed by atoms with E-state index in [1.807, 2.05) is 0 Å². The number of halogens is 1. The van der Waals surface area contributed by atoms with Crippen LogP contribution in [0.15, 0.2) is 25.3 Å². The van der Waals surface area contributed by atoms with E-state index in [0.717, 1.165) is 12.2 Å². The fourth-order valence-corrected chi connectivity index (χ4v) is 0.152. The van der Waals surface area contributed by atoms with Crippen LogP contribution in [-0.2, 0) is 24.4 Å². The Bertz CT molecular complexity index is 168. The Morgan fingerprint density at radius 3 is 1.58 bits per heavy atom. The summed E-state index contributed by atoms with van der Waals surface area (Å²) in [4.78, 5) is 28.0. The molecule has 0 bridgehead atoms. The Hall–Kier alpha value is -1.14. The van der Waals surface area contributed by atoms with E-state index in [1.165, 1.54) is 0 Å². The van der Waals surface area contributed by atoms with Gasteiger partial charge in [-0.1, -0.05) is 13.2 Å². The second-order valence-electron chi connectivity index (χ2n) is 1.28. The second kappa shape index (κ2) is 7.96. The highest BCUT2D eigenvalue weighted by molar-refractivity contribution is 8.93. The molecule has 0 N–H and O–H groups in total. The van der Waals surface area contributed by atoms with Crippen LogP contribution < -0.4 is 0 Å². The normalized spacial score (nSPS) is 7.33. The van der Waals surface area contributed by atoms with E-state index >= 15 is 0 Å². The predicted octanol–water partition coefficient (Wildman–Crippen LogP) is 0.869. The van der Waals surface area contributed by atoms with Crippen LogP contribution in [0.5, 0.6) is 0 Å². The number of rotatable bonds is 4. The van der Waals surface area contributed by atoms with E-state index in [4.69, 9.17) is 0 Å². The average molecular weight is 239 g/mol. The molecule has 0 aromatic rings. The van der Waals surface area contributed by atoms with Crippen molar-refractivity contribution in [3.05, 3.63) is 25.3 Å². The molecule has 0 amide bonds. The summed E-state index contributed by atoms with van der Waals surface area (Å²) < 4.78 is 0. The summed E-state index contributed by atoms with van der Waals surface area (Å²) >= 11 is 0. The second-order valence-corrected chi connectivity index (χ2v) is 1.28. The topological polar surface area (TPSA) is 61.8 Å². The van der Waals surface area contributed by atoms with Crippen LogP contribution in [0.4, 0.5) is 0 Å². The lowest BCUT2D eigenvalue weighted by molar-refractivity contribution is -0.455. The maximum Gasteiger partial charge on any atom is 0.369 e. The summed E-state index contributed by atoms with van der Waals surface area (Å²) in [6.45, 7) is 6.13. The number of carbonyl (C=O) groups excluding carboxylic acids is 2. The van der Waals surface area contributed by atoms with Gasteiger partial charge in [-0.25, -0.2) is 9.59 Å². The minimum absolute atomic E-state index is 0. The minimum Gasteiger partial charge on any atom is -0.255 e. The average Bonchev–Trinajstić information content (AvgIpc) is 2.04. The van der Waals surface area contributed by atoms with E-state index in [9.17, 15) is 9.59 Å². The van der Waals surface area contributed by atoms with Crippen LogP contribution in [0.3, 0.4) is 0 Å². The van der Waals surface area contributed by atoms with Gasteiger partial charge < -0.3 is 0 Å². The number of hydrogen-bond donors (Lipinski definition) is 0. The standard InChI is InChI=1S/C6H6O5.BrH/c1-3-5(7)9-11-10-6(8)4-2;/h3-4H,1-2H2;1H. The number of hydrogen-bond acceptors (Lipinski definition) is 5. The van der Waals surface area contributed by atoms with Crippen molar-refractivity contribution in [3.8, 4) is 0 Å². The fraction of sp³-hybridized carbons (Fsp3) is 0. The van der Waals surface area contributed by atoms with Crippen molar-refractivity contribution in [3.63, 3.8) is 0 Å². The van der Waals surface area contributed by atoms with E-state index < -0.39 is 11.9 Å². The Morgan fingerprint density at radius 2 is 1.33 bits per heavy atom. The third-order valence-corrected chi connectivity index (χ3v) is 0.566. The lowest BCUT2D eigenvalue weighted by Gasteiger charge is -1.95. The molecule has 5 nitrogen and oxygen atoms in total. The van der Waals surface area contributed by atoms with Crippen molar-refractivity contribution < 1.29 is 24.4 Å². The Labute approximate surface area is 79.2 Å². The van der Waals surface area contributed by atoms with Gasteiger partial charge in [-0.15, -0.1) is 17.0 Å². The summed E-state index contributed by atoms with van der Waals surface area (Å²) in [5, 5.41) is 3.70. The van der Waals surface area contributed by atoms with Gasteiger partial charge in [0, 0.05) is 17.2 Å². The van der Waals surface area contributed by atoms with Gasteiger partial charge in [0.2, 0.25) is 0 Å². The molecule has 0 saturated heterocycles. The molecule has 0 rings (SSSR count). The van der Waals surface area contributed by atoms with E-state index in [0.29, 0.717) is 0 Å². The largest absolute Gasteiger partial charge is 0.369 e. The van der Waals surface area contributed by atoms with Gasteiger partial charge in [0.05, 0.1) is 0 Å². The summed E-state index contributed by atoms with van der Waals surface area (Å²) in [5.74, 6) is -1.72.